The van der Waals surface area contributed by atoms with Crippen LogP contribution in [0, 0.1) is 0 Å². The van der Waals surface area contributed by atoms with Crippen LogP contribution in [0.2, 0.25) is 0 Å². The molecule has 0 atom stereocenters. The lowest BCUT2D eigenvalue weighted by atomic mass is 10.0. The van der Waals surface area contributed by atoms with Crippen molar-refractivity contribution in [2.45, 2.75) is 25.0 Å². The molecule has 3 N–H and O–H groups in total. The van der Waals surface area contributed by atoms with Crippen LogP contribution in [0.25, 0.3) is 0 Å². The number of hydrogen-bond acceptors (Lipinski definition) is 4. The molecule has 2 aromatic carbocycles. The van der Waals surface area contributed by atoms with Crippen LogP contribution in [-0.4, -0.2) is 27.5 Å². The van der Waals surface area contributed by atoms with Crippen LogP contribution in [0.5, 0.6) is 11.5 Å². The highest BCUT2D eigenvalue weighted by molar-refractivity contribution is 5.48. The van der Waals surface area contributed by atoms with Gasteiger partial charge < -0.3 is 20.1 Å². The van der Waals surface area contributed by atoms with E-state index in [9.17, 15) is 15.3 Å². The van der Waals surface area contributed by atoms with Crippen molar-refractivity contribution in [3.8, 4) is 11.5 Å². The molecule has 0 unspecified atom stereocenters. The molecule has 1 aliphatic rings. The Morgan fingerprint density at radius 2 is 1.52 bits per heavy atom. The Kier molecular flexibility index (Phi) is 3.57. The number of aliphatic hydroxyl groups is 1. The first kappa shape index (κ1) is 13.9. The third-order valence-electron chi connectivity index (χ3n) is 3.82. The number of phenols is 2. The molecule has 0 bridgehead atoms. The largest absolute Gasteiger partial charge is 0.504 e. The standard InChI is InChI=1S/C17H18O4/c18-15-6-13-8-17(20,9-14(13)7-16(15)19)11-21-10-12-4-2-1-3-5-12/h1-7,18-20H,8-11H2. The highest BCUT2D eigenvalue weighted by atomic mass is 16.5. The molecular formula is C17H18O4. The molecule has 0 saturated carbocycles. The fourth-order valence-corrected chi connectivity index (χ4v) is 2.80. The maximum atomic E-state index is 10.6. The Labute approximate surface area is 123 Å². The van der Waals surface area contributed by atoms with Crippen LogP contribution < -0.4 is 0 Å². The Bertz CT molecular complexity index is 606. The van der Waals surface area contributed by atoms with Crippen LogP contribution in [0.15, 0.2) is 42.5 Å². The molecule has 0 fully saturated rings. The minimum Gasteiger partial charge on any atom is -0.504 e. The number of rotatable bonds is 4. The van der Waals surface area contributed by atoms with Gasteiger partial charge in [-0.3, -0.25) is 0 Å². The highest BCUT2D eigenvalue weighted by Crippen LogP contribution is 2.37. The molecule has 0 amide bonds. The van der Waals surface area contributed by atoms with Gasteiger partial charge in [-0.15, -0.1) is 0 Å². The van der Waals surface area contributed by atoms with E-state index in [0.29, 0.717) is 19.4 Å². The first-order valence-electron chi connectivity index (χ1n) is 6.93. The van der Waals surface area contributed by atoms with Gasteiger partial charge in [0.15, 0.2) is 11.5 Å². The molecule has 2 aromatic rings. The van der Waals surface area contributed by atoms with Crippen molar-refractivity contribution in [3.05, 3.63) is 59.2 Å². The van der Waals surface area contributed by atoms with Crippen LogP contribution >= 0.6 is 0 Å². The van der Waals surface area contributed by atoms with Gasteiger partial charge in [0.05, 0.1) is 18.8 Å². The second kappa shape index (κ2) is 5.39. The summed E-state index contributed by atoms with van der Waals surface area (Å²) in [5.41, 5.74) is 1.80. The quantitative estimate of drug-likeness (QED) is 0.753. The van der Waals surface area contributed by atoms with E-state index in [2.05, 4.69) is 0 Å². The van der Waals surface area contributed by atoms with Gasteiger partial charge in [0.25, 0.3) is 0 Å². The average molecular weight is 286 g/mol. The summed E-state index contributed by atoms with van der Waals surface area (Å²) in [6.07, 6.45) is 0.843. The Morgan fingerprint density at radius 1 is 0.952 bits per heavy atom. The molecule has 1 aliphatic carbocycles. The van der Waals surface area contributed by atoms with E-state index in [1.54, 1.807) is 0 Å². The molecule has 0 saturated heterocycles. The summed E-state index contributed by atoms with van der Waals surface area (Å²) in [5.74, 6) is -0.300. The number of fused-ring (bicyclic) bond motifs is 1. The summed E-state index contributed by atoms with van der Waals surface area (Å²) < 4.78 is 5.62. The summed E-state index contributed by atoms with van der Waals surface area (Å²) in [5, 5.41) is 29.6. The van der Waals surface area contributed by atoms with Crippen molar-refractivity contribution in [2.24, 2.45) is 0 Å². The second-order valence-corrected chi connectivity index (χ2v) is 5.67. The van der Waals surface area contributed by atoms with Gasteiger partial charge in [-0.05, 0) is 28.8 Å². The molecule has 3 rings (SSSR count). The molecule has 0 aromatic heterocycles. The molecule has 0 heterocycles. The van der Waals surface area contributed by atoms with Gasteiger partial charge in [0.1, 0.15) is 0 Å². The average Bonchev–Trinajstić information content (AvgIpc) is 2.76. The summed E-state index contributed by atoms with van der Waals surface area (Å²) in [7, 11) is 0. The number of ether oxygens (including phenoxy) is 1. The van der Waals surface area contributed by atoms with Crippen molar-refractivity contribution in [1.82, 2.24) is 0 Å². The number of benzene rings is 2. The molecular weight excluding hydrogens is 268 g/mol. The minimum absolute atomic E-state index is 0.150. The van der Waals surface area contributed by atoms with Gasteiger partial charge >= 0.3 is 0 Å². The third-order valence-corrected chi connectivity index (χ3v) is 3.82. The summed E-state index contributed by atoms with van der Waals surface area (Å²) in [4.78, 5) is 0. The predicted molar refractivity (Wildman–Crippen MR) is 78.2 cm³/mol. The minimum atomic E-state index is -0.975. The number of hydrogen-bond donors (Lipinski definition) is 3. The molecule has 21 heavy (non-hydrogen) atoms. The van der Waals surface area contributed by atoms with E-state index in [1.165, 1.54) is 12.1 Å². The second-order valence-electron chi connectivity index (χ2n) is 5.67. The van der Waals surface area contributed by atoms with Gasteiger partial charge in [-0.2, -0.15) is 0 Å². The molecule has 0 radical (unpaired) electrons. The molecule has 110 valence electrons. The summed E-state index contributed by atoms with van der Waals surface area (Å²) >= 11 is 0. The van der Waals surface area contributed by atoms with E-state index < -0.39 is 5.60 Å². The fraction of sp³-hybridized carbons (Fsp3) is 0.294. The van der Waals surface area contributed by atoms with Crippen LogP contribution in [0.1, 0.15) is 16.7 Å². The summed E-state index contributed by atoms with van der Waals surface area (Å²) in [6.45, 7) is 0.675. The van der Waals surface area contributed by atoms with E-state index in [0.717, 1.165) is 16.7 Å². The normalized spacial score (nSPS) is 15.9. The zero-order valence-corrected chi connectivity index (χ0v) is 11.6. The zero-order chi connectivity index (χ0) is 14.9. The molecule has 0 spiro atoms. The maximum Gasteiger partial charge on any atom is 0.157 e. The maximum absolute atomic E-state index is 10.6. The molecule has 4 heteroatoms. The Morgan fingerprint density at radius 3 is 2.10 bits per heavy atom. The van der Waals surface area contributed by atoms with E-state index in [4.69, 9.17) is 4.74 Å². The van der Waals surface area contributed by atoms with Crippen molar-refractivity contribution in [2.75, 3.05) is 6.61 Å². The first-order chi connectivity index (χ1) is 10.1. The Balaban J connectivity index is 1.62. The lowest BCUT2D eigenvalue weighted by Crippen LogP contribution is -2.35. The lowest BCUT2D eigenvalue weighted by molar-refractivity contribution is -0.0446. The SMILES string of the molecule is Oc1cc2c(cc1O)CC(O)(COCc1ccccc1)C2. The van der Waals surface area contributed by atoms with Gasteiger partial charge in [0, 0.05) is 12.8 Å². The monoisotopic (exact) mass is 286 g/mol. The fourth-order valence-electron chi connectivity index (χ4n) is 2.80. The van der Waals surface area contributed by atoms with Crippen LogP contribution in [0.4, 0.5) is 0 Å². The summed E-state index contributed by atoms with van der Waals surface area (Å²) in [6, 6.07) is 12.8. The lowest BCUT2D eigenvalue weighted by Gasteiger charge is -2.22. The highest BCUT2D eigenvalue weighted by Gasteiger charge is 2.36. The molecule has 0 aliphatic heterocycles. The molecule has 4 nitrogen and oxygen atoms in total. The third kappa shape index (κ3) is 3.01. The zero-order valence-electron chi connectivity index (χ0n) is 11.6. The number of aromatic hydroxyl groups is 2. The Hall–Kier alpha value is -2.04. The van der Waals surface area contributed by atoms with E-state index >= 15 is 0 Å². The topological polar surface area (TPSA) is 69.9 Å². The van der Waals surface area contributed by atoms with Crippen LogP contribution in [-0.2, 0) is 24.2 Å². The predicted octanol–water partition coefficient (Wildman–Crippen LogP) is 2.14. The van der Waals surface area contributed by atoms with Gasteiger partial charge in [0.2, 0.25) is 0 Å². The smallest absolute Gasteiger partial charge is 0.157 e. The van der Waals surface area contributed by atoms with Gasteiger partial charge in [-0.1, -0.05) is 30.3 Å². The van der Waals surface area contributed by atoms with Crippen molar-refractivity contribution >= 4 is 0 Å². The van der Waals surface area contributed by atoms with E-state index in [1.807, 2.05) is 30.3 Å². The van der Waals surface area contributed by atoms with Crippen molar-refractivity contribution in [3.63, 3.8) is 0 Å². The van der Waals surface area contributed by atoms with Gasteiger partial charge in [-0.25, -0.2) is 0 Å². The first-order valence-corrected chi connectivity index (χ1v) is 6.93. The van der Waals surface area contributed by atoms with Crippen molar-refractivity contribution < 1.29 is 20.1 Å². The van der Waals surface area contributed by atoms with Crippen molar-refractivity contribution in [1.29, 1.82) is 0 Å². The number of phenolic OH excluding ortho intramolecular Hbond substituents is 2. The van der Waals surface area contributed by atoms with Crippen LogP contribution in [0.3, 0.4) is 0 Å². The van der Waals surface area contributed by atoms with E-state index in [-0.39, 0.29) is 18.1 Å².